The van der Waals surface area contributed by atoms with Gasteiger partial charge < -0.3 is 4.74 Å². The molecule has 1 spiro atoms. The fourth-order valence-corrected chi connectivity index (χ4v) is 5.83. The van der Waals surface area contributed by atoms with Crippen molar-refractivity contribution in [2.75, 3.05) is 6.61 Å². The number of nitrogens with zero attached hydrogens (tertiary/aromatic N) is 2. The molecule has 1 aliphatic heterocycles. The van der Waals surface area contributed by atoms with Crippen molar-refractivity contribution >= 4 is 34.2 Å². The Morgan fingerprint density at radius 2 is 1.96 bits per heavy atom. The Morgan fingerprint density at radius 3 is 2.71 bits per heavy atom. The van der Waals surface area contributed by atoms with E-state index in [0.717, 1.165) is 29.4 Å². The van der Waals surface area contributed by atoms with Crippen LogP contribution in [0.15, 0.2) is 36.7 Å². The van der Waals surface area contributed by atoms with E-state index in [-0.39, 0.29) is 11.0 Å². The summed E-state index contributed by atoms with van der Waals surface area (Å²) in [5, 5.41) is 0.600. The van der Waals surface area contributed by atoms with Crippen LogP contribution in [0, 0.1) is 3.57 Å². The van der Waals surface area contributed by atoms with Crippen molar-refractivity contribution in [3.05, 3.63) is 56.6 Å². The van der Waals surface area contributed by atoms with Gasteiger partial charge in [-0.15, -0.1) is 0 Å². The minimum atomic E-state index is 0.103. The summed E-state index contributed by atoms with van der Waals surface area (Å²) in [7, 11) is 0. The molecule has 0 unspecified atom stereocenters. The highest BCUT2D eigenvalue weighted by Crippen LogP contribution is 2.50. The number of ether oxygens (including phenoxy) is 1. The summed E-state index contributed by atoms with van der Waals surface area (Å²) in [6, 6.07) is 8.56. The Hall–Kier alpha value is -0.720. The van der Waals surface area contributed by atoms with Gasteiger partial charge in [0.05, 0.1) is 9.17 Å². The van der Waals surface area contributed by atoms with Gasteiger partial charge in [-0.2, -0.15) is 0 Å². The number of unbranched alkanes of at least 4 members (excludes halogenated alkanes) is 1. The maximum Gasteiger partial charge on any atom is 0.142 e. The topological polar surface area (TPSA) is 35.0 Å². The maximum absolute atomic E-state index is 6.35. The van der Waals surface area contributed by atoms with Gasteiger partial charge in [0, 0.05) is 30.1 Å². The van der Waals surface area contributed by atoms with Gasteiger partial charge in [-0.1, -0.05) is 36.9 Å². The minimum absolute atomic E-state index is 0.103. The van der Waals surface area contributed by atoms with E-state index in [1.54, 1.807) is 0 Å². The van der Waals surface area contributed by atoms with Crippen LogP contribution in [0.1, 0.15) is 69.0 Å². The number of aryl methyl sites for hydroxylation is 1. The molecule has 4 rings (SSSR count). The van der Waals surface area contributed by atoms with E-state index >= 15 is 0 Å². The summed E-state index contributed by atoms with van der Waals surface area (Å²) in [5.41, 5.74) is 2.81. The summed E-state index contributed by atoms with van der Waals surface area (Å²) in [6.45, 7) is 0.871. The standard InChI is InChI=1S/C23H28ClIN2O/c24-21-19(25)15-18(16-27-21)7-1-3-9-22(20-8-2-6-13-26-20)12-14-28-23(17-22)10-4-5-11-23/h2,6,8,13,15-16H,1,3-5,7,9-12,14,17H2/t22-/m1/s1. The van der Waals surface area contributed by atoms with Crippen LogP contribution in [-0.2, 0) is 16.6 Å². The average Bonchev–Trinajstić information content (AvgIpc) is 3.16. The van der Waals surface area contributed by atoms with Crippen LogP contribution in [0.3, 0.4) is 0 Å². The quantitative estimate of drug-likeness (QED) is 0.252. The molecule has 2 fully saturated rings. The predicted octanol–water partition coefficient (Wildman–Crippen LogP) is 6.51. The van der Waals surface area contributed by atoms with Crippen molar-refractivity contribution in [3.8, 4) is 0 Å². The number of rotatable bonds is 6. The molecule has 28 heavy (non-hydrogen) atoms. The monoisotopic (exact) mass is 510 g/mol. The first-order valence-electron chi connectivity index (χ1n) is 10.5. The van der Waals surface area contributed by atoms with Crippen LogP contribution >= 0.6 is 34.2 Å². The van der Waals surface area contributed by atoms with Crippen LogP contribution in [-0.4, -0.2) is 22.2 Å². The van der Waals surface area contributed by atoms with Gasteiger partial charge in [0.25, 0.3) is 0 Å². The van der Waals surface area contributed by atoms with Gasteiger partial charge in [-0.3, -0.25) is 4.98 Å². The molecule has 0 bridgehead atoms. The molecular weight excluding hydrogens is 483 g/mol. The maximum atomic E-state index is 6.35. The molecule has 1 atom stereocenters. The van der Waals surface area contributed by atoms with Gasteiger partial charge in [0.15, 0.2) is 0 Å². The van der Waals surface area contributed by atoms with E-state index < -0.39 is 0 Å². The molecule has 1 saturated heterocycles. The van der Waals surface area contributed by atoms with Crippen LogP contribution in [0.5, 0.6) is 0 Å². The summed E-state index contributed by atoms with van der Waals surface area (Å²) >= 11 is 8.31. The molecule has 1 saturated carbocycles. The van der Waals surface area contributed by atoms with E-state index in [2.05, 4.69) is 45.8 Å². The molecule has 0 aromatic carbocycles. The summed E-state index contributed by atoms with van der Waals surface area (Å²) < 4.78 is 7.39. The lowest BCUT2D eigenvalue weighted by Gasteiger charge is -2.46. The van der Waals surface area contributed by atoms with Crippen LogP contribution in [0.4, 0.5) is 0 Å². The van der Waals surface area contributed by atoms with Gasteiger partial charge in [-0.05, 0) is 91.3 Å². The zero-order chi connectivity index (χ0) is 19.5. The van der Waals surface area contributed by atoms with E-state index in [1.165, 1.54) is 56.2 Å². The number of hydrogen-bond acceptors (Lipinski definition) is 3. The highest BCUT2D eigenvalue weighted by atomic mass is 127. The van der Waals surface area contributed by atoms with Crippen molar-refractivity contribution in [1.29, 1.82) is 0 Å². The first-order valence-corrected chi connectivity index (χ1v) is 11.9. The lowest BCUT2D eigenvalue weighted by molar-refractivity contribution is -0.104. The van der Waals surface area contributed by atoms with Crippen molar-refractivity contribution < 1.29 is 4.74 Å². The first kappa shape index (κ1) is 20.5. The normalized spacial score (nSPS) is 23.9. The number of hydrogen-bond donors (Lipinski definition) is 0. The summed E-state index contributed by atoms with van der Waals surface area (Å²) in [6.07, 6.45) is 15.8. The molecule has 0 amide bonds. The molecular formula is C23H28ClIN2O. The molecule has 3 nitrogen and oxygen atoms in total. The summed E-state index contributed by atoms with van der Waals surface area (Å²) in [5.74, 6) is 0. The van der Waals surface area contributed by atoms with E-state index in [4.69, 9.17) is 21.3 Å². The van der Waals surface area contributed by atoms with Crippen molar-refractivity contribution in [2.45, 2.75) is 75.2 Å². The van der Waals surface area contributed by atoms with E-state index in [1.807, 2.05) is 18.5 Å². The van der Waals surface area contributed by atoms with E-state index in [0.29, 0.717) is 5.15 Å². The van der Waals surface area contributed by atoms with Gasteiger partial charge >= 0.3 is 0 Å². The Bertz CT molecular complexity index is 794. The Kier molecular flexibility index (Phi) is 6.58. The van der Waals surface area contributed by atoms with Crippen LogP contribution < -0.4 is 0 Å². The first-order chi connectivity index (χ1) is 13.6. The zero-order valence-corrected chi connectivity index (χ0v) is 19.2. The van der Waals surface area contributed by atoms with Crippen LogP contribution in [0.2, 0.25) is 5.15 Å². The molecule has 2 aromatic rings. The highest BCUT2D eigenvalue weighted by molar-refractivity contribution is 14.1. The molecule has 0 N–H and O–H groups in total. The highest BCUT2D eigenvalue weighted by Gasteiger charge is 2.48. The summed E-state index contributed by atoms with van der Waals surface area (Å²) in [4.78, 5) is 9.09. The largest absolute Gasteiger partial charge is 0.375 e. The van der Waals surface area contributed by atoms with Gasteiger partial charge in [-0.25, -0.2) is 4.98 Å². The fraction of sp³-hybridized carbons (Fsp3) is 0.565. The molecule has 1 aliphatic carbocycles. The number of aromatic nitrogens is 2. The predicted molar refractivity (Wildman–Crippen MR) is 122 cm³/mol. The number of halogens is 2. The molecule has 3 heterocycles. The SMILES string of the molecule is Clc1ncc(CCCC[C@@]2(c3ccccn3)CCOC3(CCCC3)C2)cc1I. The van der Waals surface area contributed by atoms with Gasteiger partial charge in [0.1, 0.15) is 5.15 Å². The third-order valence-corrected chi connectivity index (χ3v) is 8.04. The second kappa shape index (κ2) is 8.97. The lowest BCUT2D eigenvalue weighted by atomic mass is 9.67. The fourth-order valence-electron chi connectivity index (χ4n) is 5.19. The molecule has 0 radical (unpaired) electrons. The third-order valence-electron chi connectivity index (χ3n) is 6.60. The number of pyridine rings is 2. The van der Waals surface area contributed by atoms with Crippen molar-refractivity contribution in [3.63, 3.8) is 0 Å². The zero-order valence-electron chi connectivity index (χ0n) is 16.3. The molecule has 2 aromatic heterocycles. The minimum Gasteiger partial charge on any atom is -0.375 e. The Morgan fingerprint density at radius 1 is 1.11 bits per heavy atom. The van der Waals surface area contributed by atoms with Crippen molar-refractivity contribution in [2.24, 2.45) is 0 Å². The Balaban J connectivity index is 1.45. The molecule has 5 heteroatoms. The van der Waals surface area contributed by atoms with E-state index in [9.17, 15) is 0 Å². The molecule has 150 valence electrons. The van der Waals surface area contributed by atoms with Gasteiger partial charge in [0.2, 0.25) is 0 Å². The second-order valence-electron chi connectivity index (χ2n) is 8.48. The van der Waals surface area contributed by atoms with Crippen LogP contribution in [0.25, 0.3) is 0 Å². The van der Waals surface area contributed by atoms with Crippen molar-refractivity contribution in [1.82, 2.24) is 9.97 Å². The Labute approximate surface area is 186 Å². The third kappa shape index (κ3) is 4.54. The molecule has 2 aliphatic rings. The smallest absolute Gasteiger partial charge is 0.142 e. The average molecular weight is 511 g/mol. The second-order valence-corrected chi connectivity index (χ2v) is 10.0. The lowest BCUT2D eigenvalue weighted by Crippen LogP contribution is -2.46.